The summed E-state index contributed by atoms with van der Waals surface area (Å²) in [5, 5.41) is 19.9. The number of rotatable bonds is 10. The Hall–Kier alpha value is -4.68. The van der Waals surface area contributed by atoms with Crippen molar-refractivity contribution in [3.05, 3.63) is 106 Å². The maximum Gasteiger partial charge on any atom is 0.254 e. The second kappa shape index (κ2) is 13.4. The molecule has 4 rings (SSSR count). The summed E-state index contributed by atoms with van der Waals surface area (Å²) >= 11 is 1.21. The highest BCUT2D eigenvalue weighted by Crippen LogP contribution is 2.41. The number of dihydropyridines is 1. The van der Waals surface area contributed by atoms with Crippen LogP contribution in [0.25, 0.3) is 0 Å². The predicted octanol–water partition coefficient (Wildman–Crippen LogP) is 5.80. The van der Waals surface area contributed by atoms with Gasteiger partial charge in [-0.3, -0.25) is 9.59 Å². The highest BCUT2D eigenvalue weighted by atomic mass is 32.2. The molecular formula is C31H30N4O4S. The Kier molecular flexibility index (Phi) is 9.49. The third-order valence-corrected chi connectivity index (χ3v) is 7.21. The molecule has 0 aromatic heterocycles. The summed E-state index contributed by atoms with van der Waals surface area (Å²) < 4.78 is 11.0. The summed E-state index contributed by atoms with van der Waals surface area (Å²) in [6, 6.07) is 26.1. The smallest absolute Gasteiger partial charge is 0.254 e. The number of allylic oxidation sites excluding steroid dienone is 2. The lowest BCUT2D eigenvalue weighted by Crippen LogP contribution is -2.31. The van der Waals surface area contributed by atoms with Gasteiger partial charge >= 0.3 is 0 Å². The Morgan fingerprint density at radius 3 is 2.23 bits per heavy atom. The molecule has 0 saturated carbocycles. The van der Waals surface area contributed by atoms with E-state index in [-0.39, 0.29) is 17.6 Å². The molecule has 204 valence electrons. The first-order chi connectivity index (χ1) is 19.5. The normalized spacial score (nSPS) is 14.6. The summed E-state index contributed by atoms with van der Waals surface area (Å²) in [5.41, 5.74) is 3.24. The van der Waals surface area contributed by atoms with Crippen molar-refractivity contribution in [3.63, 3.8) is 0 Å². The van der Waals surface area contributed by atoms with Crippen molar-refractivity contribution < 1.29 is 19.1 Å². The zero-order valence-corrected chi connectivity index (χ0v) is 23.3. The monoisotopic (exact) mass is 554 g/mol. The molecule has 1 heterocycles. The van der Waals surface area contributed by atoms with Crippen LogP contribution in [0.4, 0.5) is 11.4 Å². The van der Waals surface area contributed by atoms with Crippen LogP contribution in [0, 0.1) is 11.3 Å². The number of ether oxygens (including phenoxy) is 2. The van der Waals surface area contributed by atoms with E-state index >= 15 is 0 Å². The fourth-order valence-corrected chi connectivity index (χ4v) is 5.31. The molecule has 1 aliphatic rings. The summed E-state index contributed by atoms with van der Waals surface area (Å²) in [5.74, 6) is -0.0767. The third kappa shape index (κ3) is 6.47. The number of nitrogens with zero attached hydrogens (tertiary/aromatic N) is 1. The van der Waals surface area contributed by atoms with E-state index in [4.69, 9.17) is 9.47 Å². The van der Waals surface area contributed by atoms with E-state index < -0.39 is 5.92 Å². The molecule has 2 amide bonds. The number of nitrogens with one attached hydrogen (secondary N) is 3. The van der Waals surface area contributed by atoms with Gasteiger partial charge in [0, 0.05) is 11.3 Å². The number of amides is 2. The topological polar surface area (TPSA) is 112 Å². The Morgan fingerprint density at radius 1 is 0.950 bits per heavy atom. The summed E-state index contributed by atoms with van der Waals surface area (Å²) in [6.07, 6.45) is 0. The molecule has 0 spiro atoms. The molecule has 3 N–H and O–H groups in total. The molecule has 3 aromatic rings. The molecule has 1 unspecified atom stereocenters. The number of hydrogen-bond acceptors (Lipinski definition) is 7. The number of thioether (sulfide) groups is 1. The molecule has 9 heteroatoms. The molecule has 0 saturated heterocycles. The van der Waals surface area contributed by atoms with Gasteiger partial charge in [0.25, 0.3) is 5.91 Å². The van der Waals surface area contributed by atoms with E-state index in [1.54, 1.807) is 37.3 Å². The number of methoxy groups -OCH3 is 1. The van der Waals surface area contributed by atoms with E-state index in [1.807, 2.05) is 55.5 Å². The van der Waals surface area contributed by atoms with Crippen LogP contribution in [0.5, 0.6) is 11.5 Å². The average molecular weight is 555 g/mol. The van der Waals surface area contributed by atoms with Gasteiger partial charge in [0.1, 0.15) is 11.5 Å². The zero-order chi connectivity index (χ0) is 28.5. The van der Waals surface area contributed by atoms with Crippen LogP contribution in [0.3, 0.4) is 0 Å². The van der Waals surface area contributed by atoms with Crippen LogP contribution >= 0.6 is 11.8 Å². The molecular weight excluding hydrogens is 524 g/mol. The van der Waals surface area contributed by atoms with Crippen molar-refractivity contribution in [2.45, 2.75) is 19.8 Å². The lowest BCUT2D eigenvalue weighted by molar-refractivity contribution is -0.114. The summed E-state index contributed by atoms with van der Waals surface area (Å²) in [4.78, 5) is 26.5. The van der Waals surface area contributed by atoms with Crippen LogP contribution in [0.2, 0.25) is 0 Å². The lowest BCUT2D eigenvalue weighted by Gasteiger charge is -2.30. The molecule has 0 bridgehead atoms. The van der Waals surface area contributed by atoms with Gasteiger partial charge in [-0.15, -0.1) is 0 Å². The molecule has 8 nitrogen and oxygen atoms in total. The average Bonchev–Trinajstić information content (AvgIpc) is 2.97. The maximum absolute atomic E-state index is 13.7. The molecule has 1 aliphatic heterocycles. The van der Waals surface area contributed by atoms with Crippen LogP contribution in [-0.2, 0) is 9.59 Å². The van der Waals surface area contributed by atoms with Gasteiger partial charge in [-0.25, -0.2) is 0 Å². The minimum Gasteiger partial charge on any atom is -0.495 e. The van der Waals surface area contributed by atoms with E-state index in [2.05, 4.69) is 22.0 Å². The van der Waals surface area contributed by atoms with Crippen molar-refractivity contribution in [2.75, 3.05) is 30.1 Å². The van der Waals surface area contributed by atoms with Crippen molar-refractivity contribution in [2.24, 2.45) is 0 Å². The number of hydrogen-bond donors (Lipinski definition) is 3. The molecule has 40 heavy (non-hydrogen) atoms. The van der Waals surface area contributed by atoms with Gasteiger partial charge in [-0.2, -0.15) is 5.26 Å². The summed E-state index contributed by atoms with van der Waals surface area (Å²) in [7, 11) is 1.54. The first-order valence-corrected chi connectivity index (χ1v) is 13.7. The van der Waals surface area contributed by atoms with Crippen LogP contribution in [0.15, 0.2) is 101 Å². The van der Waals surface area contributed by atoms with E-state index in [1.165, 1.54) is 18.9 Å². The molecule has 0 fully saturated rings. The standard InChI is InChI=1S/C31H30N4O4S/c1-4-39-26-17-11-9-15-24(26)34-27(36)19-40-31-22(18-32)29(21-12-6-5-7-13-21)28(20(2)33-31)30(37)35-23-14-8-10-16-25(23)38-3/h5-17,29,33H,4,19H2,1-3H3,(H,34,36)(H,35,37). The van der Waals surface area contributed by atoms with Crippen LogP contribution in [0.1, 0.15) is 25.3 Å². The fraction of sp³-hybridized carbons (Fsp3) is 0.194. The number of nitriles is 1. The number of carbonyl (C=O) groups excluding carboxylic acids is 2. The van der Waals surface area contributed by atoms with Gasteiger partial charge in [0.05, 0.1) is 53.4 Å². The Labute approximate surface area is 238 Å². The second-order valence-electron chi connectivity index (χ2n) is 8.78. The van der Waals surface area contributed by atoms with Crippen LogP contribution in [-0.4, -0.2) is 31.3 Å². The van der Waals surface area contributed by atoms with Crippen LogP contribution < -0.4 is 25.4 Å². The number of para-hydroxylation sites is 4. The largest absolute Gasteiger partial charge is 0.495 e. The highest BCUT2D eigenvalue weighted by Gasteiger charge is 2.35. The van der Waals surface area contributed by atoms with Crippen molar-refractivity contribution in [3.8, 4) is 17.6 Å². The Morgan fingerprint density at radius 2 is 1.57 bits per heavy atom. The SMILES string of the molecule is CCOc1ccccc1NC(=O)CSC1=C(C#N)C(c2ccccc2)C(C(=O)Nc2ccccc2OC)=C(C)N1. The highest BCUT2D eigenvalue weighted by molar-refractivity contribution is 8.03. The quantitative estimate of drug-likeness (QED) is 0.290. The first-order valence-electron chi connectivity index (χ1n) is 12.7. The maximum atomic E-state index is 13.7. The molecule has 0 aliphatic carbocycles. The van der Waals surface area contributed by atoms with Gasteiger partial charge < -0.3 is 25.4 Å². The fourth-order valence-electron chi connectivity index (χ4n) is 4.42. The first kappa shape index (κ1) is 28.3. The van der Waals surface area contributed by atoms with E-state index in [0.717, 1.165) is 5.56 Å². The second-order valence-corrected chi connectivity index (χ2v) is 9.77. The van der Waals surface area contributed by atoms with Gasteiger partial charge in [-0.1, -0.05) is 66.4 Å². The minimum absolute atomic E-state index is 0.0471. The van der Waals surface area contributed by atoms with Gasteiger partial charge in [-0.05, 0) is 43.7 Å². The number of carbonyl (C=O) groups is 2. The van der Waals surface area contributed by atoms with E-state index in [9.17, 15) is 14.9 Å². The predicted molar refractivity (Wildman–Crippen MR) is 158 cm³/mol. The number of anilines is 2. The summed E-state index contributed by atoms with van der Waals surface area (Å²) in [6.45, 7) is 4.15. The zero-order valence-electron chi connectivity index (χ0n) is 22.5. The number of benzene rings is 3. The molecule has 3 aromatic carbocycles. The van der Waals surface area contributed by atoms with Gasteiger partial charge in [0.15, 0.2) is 0 Å². The minimum atomic E-state index is -0.633. The van der Waals surface area contributed by atoms with Gasteiger partial charge in [0.2, 0.25) is 5.91 Å². The Balaban J connectivity index is 1.61. The third-order valence-electron chi connectivity index (χ3n) is 6.19. The lowest BCUT2D eigenvalue weighted by atomic mass is 9.82. The van der Waals surface area contributed by atoms with Crippen molar-refractivity contribution in [1.29, 1.82) is 5.26 Å². The molecule has 1 atom stereocenters. The van der Waals surface area contributed by atoms with Crippen molar-refractivity contribution in [1.82, 2.24) is 5.32 Å². The van der Waals surface area contributed by atoms with Crippen molar-refractivity contribution >= 4 is 35.0 Å². The Bertz CT molecular complexity index is 1490. The molecule has 0 radical (unpaired) electrons. The van der Waals surface area contributed by atoms with E-state index in [0.29, 0.717) is 51.4 Å².